The van der Waals surface area contributed by atoms with Gasteiger partial charge in [-0.05, 0) is 37.6 Å². The Kier molecular flexibility index (Phi) is 9.37. The van der Waals surface area contributed by atoms with Crippen LogP contribution < -0.4 is 5.32 Å². The Labute approximate surface area is 135 Å². The summed E-state index contributed by atoms with van der Waals surface area (Å²) in [7, 11) is 0. The zero-order chi connectivity index (χ0) is 15.8. The Morgan fingerprint density at radius 2 is 1.91 bits per heavy atom. The lowest BCUT2D eigenvalue weighted by molar-refractivity contribution is -0.139. The average Bonchev–Trinajstić information content (AvgIpc) is 2.44. The van der Waals surface area contributed by atoms with Gasteiger partial charge >= 0.3 is 5.97 Å². The molecule has 1 amide bonds. The first-order chi connectivity index (χ1) is 9.93. The molecular weight excluding hydrogens is 311 g/mol. The third-order valence-corrected chi connectivity index (χ3v) is 3.16. The minimum Gasteiger partial charge on any atom is -0.480 e. The number of amides is 1. The standard InChI is InChI=1S/C15H21FN2O3.ClH/c1-3-8-18(10-14(19)20)11(2)15(21)17-9-12-4-6-13(16)7-5-12;/h4-7,11H,3,8-10H2,1-2H3,(H,17,21)(H,19,20);1H. The molecule has 0 aromatic heterocycles. The SMILES string of the molecule is CCCN(CC(=O)O)C(C)C(=O)NCc1ccc(F)cc1.Cl. The maximum atomic E-state index is 12.8. The Morgan fingerprint density at radius 1 is 1.32 bits per heavy atom. The molecule has 1 unspecified atom stereocenters. The van der Waals surface area contributed by atoms with Crippen molar-refractivity contribution in [2.24, 2.45) is 0 Å². The maximum absolute atomic E-state index is 12.8. The molecule has 2 N–H and O–H groups in total. The number of nitrogens with one attached hydrogen (secondary N) is 1. The second kappa shape index (κ2) is 10.1. The molecule has 1 aromatic rings. The van der Waals surface area contributed by atoms with Crippen LogP contribution >= 0.6 is 12.4 Å². The first kappa shape index (κ1) is 20.3. The van der Waals surface area contributed by atoms with Crippen molar-refractivity contribution >= 4 is 24.3 Å². The summed E-state index contributed by atoms with van der Waals surface area (Å²) in [5.41, 5.74) is 0.789. The molecule has 0 heterocycles. The van der Waals surface area contributed by atoms with Crippen LogP contribution in [-0.4, -0.2) is 41.0 Å². The van der Waals surface area contributed by atoms with Gasteiger partial charge in [0.05, 0.1) is 12.6 Å². The van der Waals surface area contributed by atoms with Gasteiger partial charge in [0, 0.05) is 6.54 Å². The van der Waals surface area contributed by atoms with Crippen LogP contribution in [0.5, 0.6) is 0 Å². The second-order valence-electron chi connectivity index (χ2n) is 4.88. The van der Waals surface area contributed by atoms with E-state index in [0.29, 0.717) is 6.54 Å². The summed E-state index contributed by atoms with van der Waals surface area (Å²) in [5, 5.41) is 11.6. The average molecular weight is 333 g/mol. The van der Waals surface area contributed by atoms with E-state index in [4.69, 9.17) is 5.11 Å². The number of carboxylic acids is 1. The summed E-state index contributed by atoms with van der Waals surface area (Å²) in [6.07, 6.45) is 0.767. The number of carbonyl (C=O) groups is 2. The lowest BCUT2D eigenvalue weighted by Gasteiger charge is -2.26. The van der Waals surface area contributed by atoms with Gasteiger partial charge in [-0.25, -0.2) is 4.39 Å². The van der Waals surface area contributed by atoms with Crippen LogP contribution in [0.1, 0.15) is 25.8 Å². The van der Waals surface area contributed by atoms with Gasteiger partial charge in [0.25, 0.3) is 0 Å². The van der Waals surface area contributed by atoms with Crippen molar-refractivity contribution in [1.29, 1.82) is 0 Å². The number of hydrogen-bond acceptors (Lipinski definition) is 3. The highest BCUT2D eigenvalue weighted by Crippen LogP contribution is 2.04. The van der Waals surface area contributed by atoms with Gasteiger partial charge in [0.15, 0.2) is 0 Å². The zero-order valence-electron chi connectivity index (χ0n) is 12.7. The van der Waals surface area contributed by atoms with E-state index in [9.17, 15) is 14.0 Å². The highest BCUT2D eigenvalue weighted by atomic mass is 35.5. The van der Waals surface area contributed by atoms with Crippen molar-refractivity contribution in [3.63, 3.8) is 0 Å². The third-order valence-electron chi connectivity index (χ3n) is 3.16. The van der Waals surface area contributed by atoms with Crippen molar-refractivity contribution in [3.05, 3.63) is 35.6 Å². The van der Waals surface area contributed by atoms with Crippen LogP contribution in [-0.2, 0) is 16.1 Å². The van der Waals surface area contributed by atoms with Gasteiger partial charge in [-0.3, -0.25) is 14.5 Å². The number of carboxylic acid groups (broad SMARTS) is 1. The van der Waals surface area contributed by atoms with E-state index in [-0.39, 0.29) is 37.2 Å². The molecule has 0 spiro atoms. The smallest absolute Gasteiger partial charge is 0.317 e. The van der Waals surface area contributed by atoms with E-state index in [2.05, 4.69) is 5.32 Å². The summed E-state index contributed by atoms with van der Waals surface area (Å²) in [6, 6.07) is 5.33. The highest BCUT2D eigenvalue weighted by molar-refractivity contribution is 5.85. The van der Waals surface area contributed by atoms with Gasteiger partial charge in [-0.1, -0.05) is 19.1 Å². The molecule has 7 heteroatoms. The van der Waals surface area contributed by atoms with Gasteiger partial charge < -0.3 is 10.4 Å². The number of rotatable bonds is 8. The van der Waals surface area contributed by atoms with Gasteiger partial charge in [-0.2, -0.15) is 0 Å². The van der Waals surface area contributed by atoms with E-state index < -0.39 is 12.0 Å². The molecule has 0 aliphatic rings. The summed E-state index contributed by atoms with van der Waals surface area (Å²) in [5.74, 6) is -1.52. The first-order valence-corrected chi connectivity index (χ1v) is 6.92. The number of aliphatic carboxylic acids is 1. The van der Waals surface area contributed by atoms with Crippen molar-refractivity contribution in [1.82, 2.24) is 10.2 Å². The van der Waals surface area contributed by atoms with Gasteiger partial charge in [0.1, 0.15) is 5.82 Å². The van der Waals surface area contributed by atoms with Crippen molar-refractivity contribution < 1.29 is 19.1 Å². The van der Waals surface area contributed by atoms with Crippen LogP contribution in [0.15, 0.2) is 24.3 Å². The van der Waals surface area contributed by atoms with E-state index >= 15 is 0 Å². The summed E-state index contributed by atoms with van der Waals surface area (Å²) < 4.78 is 12.8. The minimum absolute atomic E-state index is 0. The quantitative estimate of drug-likeness (QED) is 0.764. The molecule has 124 valence electrons. The monoisotopic (exact) mass is 332 g/mol. The molecule has 0 fully saturated rings. The summed E-state index contributed by atoms with van der Waals surface area (Å²) in [6.45, 7) is 4.27. The van der Waals surface area contributed by atoms with Crippen LogP contribution in [0.4, 0.5) is 4.39 Å². The van der Waals surface area contributed by atoms with Crippen molar-refractivity contribution in [2.75, 3.05) is 13.1 Å². The fourth-order valence-corrected chi connectivity index (χ4v) is 1.98. The number of hydrogen-bond donors (Lipinski definition) is 2. The first-order valence-electron chi connectivity index (χ1n) is 6.92. The van der Waals surface area contributed by atoms with Gasteiger partial charge in [0.2, 0.25) is 5.91 Å². The van der Waals surface area contributed by atoms with E-state index in [1.165, 1.54) is 12.1 Å². The van der Waals surface area contributed by atoms with Gasteiger partial charge in [-0.15, -0.1) is 12.4 Å². The fourth-order valence-electron chi connectivity index (χ4n) is 1.98. The molecule has 0 aliphatic heterocycles. The Hall–Kier alpha value is -1.66. The molecule has 0 saturated heterocycles. The Bertz CT molecular complexity index is 482. The summed E-state index contributed by atoms with van der Waals surface area (Å²) in [4.78, 5) is 24.5. The third kappa shape index (κ3) is 6.87. The molecule has 1 aromatic carbocycles. The fraction of sp³-hybridized carbons (Fsp3) is 0.467. The van der Waals surface area contributed by atoms with Crippen LogP contribution in [0.25, 0.3) is 0 Å². The Balaban J connectivity index is 0.00000441. The molecule has 1 atom stereocenters. The molecule has 1 rings (SSSR count). The lowest BCUT2D eigenvalue weighted by atomic mass is 10.2. The normalized spacial score (nSPS) is 11.6. The number of halogens is 2. The van der Waals surface area contributed by atoms with Crippen LogP contribution in [0.2, 0.25) is 0 Å². The van der Waals surface area contributed by atoms with Crippen molar-refractivity contribution in [2.45, 2.75) is 32.9 Å². The van der Waals surface area contributed by atoms with Crippen LogP contribution in [0.3, 0.4) is 0 Å². The van der Waals surface area contributed by atoms with Crippen molar-refractivity contribution in [3.8, 4) is 0 Å². The molecule has 22 heavy (non-hydrogen) atoms. The zero-order valence-corrected chi connectivity index (χ0v) is 13.5. The minimum atomic E-state index is -0.957. The highest BCUT2D eigenvalue weighted by Gasteiger charge is 2.22. The predicted molar refractivity (Wildman–Crippen MR) is 84.5 cm³/mol. The molecule has 5 nitrogen and oxygen atoms in total. The topological polar surface area (TPSA) is 69.6 Å². The van der Waals surface area contributed by atoms with E-state index in [1.807, 2.05) is 6.92 Å². The second-order valence-corrected chi connectivity index (χ2v) is 4.88. The molecular formula is C15H22ClFN2O3. The lowest BCUT2D eigenvalue weighted by Crippen LogP contribution is -2.47. The molecule has 0 aliphatic carbocycles. The summed E-state index contributed by atoms with van der Waals surface area (Å²) >= 11 is 0. The number of benzene rings is 1. The largest absolute Gasteiger partial charge is 0.480 e. The molecule has 0 bridgehead atoms. The number of nitrogens with zero attached hydrogens (tertiary/aromatic N) is 1. The molecule has 0 saturated carbocycles. The number of carbonyl (C=O) groups excluding carboxylic acids is 1. The molecule has 0 radical (unpaired) electrons. The van der Waals surface area contributed by atoms with E-state index in [1.54, 1.807) is 24.0 Å². The van der Waals surface area contributed by atoms with E-state index in [0.717, 1.165) is 12.0 Å². The Morgan fingerprint density at radius 3 is 2.41 bits per heavy atom. The maximum Gasteiger partial charge on any atom is 0.317 e. The van der Waals surface area contributed by atoms with Crippen LogP contribution in [0, 0.1) is 5.82 Å². The predicted octanol–water partition coefficient (Wildman–Crippen LogP) is 2.05.